The van der Waals surface area contributed by atoms with Crippen molar-refractivity contribution in [2.24, 2.45) is 0 Å². The molecule has 0 aliphatic rings. The van der Waals surface area contributed by atoms with Gasteiger partial charge in [-0.25, -0.2) is 4.39 Å². The predicted molar refractivity (Wildman–Crippen MR) is 84.6 cm³/mol. The zero-order chi connectivity index (χ0) is 17.5. The second-order valence-corrected chi connectivity index (χ2v) is 5.49. The van der Waals surface area contributed by atoms with E-state index in [1.165, 1.54) is 12.1 Å². The summed E-state index contributed by atoms with van der Waals surface area (Å²) in [6.45, 7) is 0.616. The molecule has 1 unspecified atom stereocenters. The first-order valence-electron chi connectivity index (χ1n) is 7.51. The van der Waals surface area contributed by atoms with Gasteiger partial charge in [0.1, 0.15) is 11.9 Å². The van der Waals surface area contributed by atoms with Crippen molar-refractivity contribution in [3.8, 4) is 0 Å². The van der Waals surface area contributed by atoms with Crippen LogP contribution in [0.15, 0.2) is 28.8 Å². The molecule has 7 nitrogen and oxygen atoms in total. The number of nitrogens with one attached hydrogen (secondary N) is 1. The molecule has 2 rings (SSSR count). The third kappa shape index (κ3) is 4.84. The number of methoxy groups -OCH3 is 1. The van der Waals surface area contributed by atoms with Gasteiger partial charge in [-0.1, -0.05) is 17.3 Å². The quantitative estimate of drug-likeness (QED) is 0.783. The number of hydrogen-bond donors (Lipinski definition) is 1. The fourth-order valence-corrected chi connectivity index (χ4v) is 2.28. The molecule has 0 saturated heterocycles. The Morgan fingerprint density at radius 3 is 2.92 bits per heavy atom. The predicted octanol–water partition coefficient (Wildman–Crippen LogP) is 1.32. The Balaban J connectivity index is 1.99. The Hall–Kier alpha value is -2.32. The first-order chi connectivity index (χ1) is 11.5. The number of rotatable bonds is 8. The molecule has 1 aromatic heterocycles. The van der Waals surface area contributed by atoms with Crippen LogP contribution in [0, 0.1) is 5.82 Å². The van der Waals surface area contributed by atoms with Crippen molar-refractivity contribution in [1.82, 2.24) is 20.4 Å². The van der Waals surface area contributed by atoms with Crippen molar-refractivity contribution >= 4 is 5.91 Å². The lowest BCUT2D eigenvalue weighted by Gasteiger charge is -2.23. The summed E-state index contributed by atoms with van der Waals surface area (Å²) in [5.41, 5.74) is 0.575. The highest BCUT2D eigenvalue weighted by atomic mass is 19.1. The molecule has 0 radical (unpaired) electrons. The van der Waals surface area contributed by atoms with Gasteiger partial charge >= 0.3 is 0 Å². The summed E-state index contributed by atoms with van der Waals surface area (Å²) in [7, 11) is 5.10. The molecule has 1 aromatic carbocycles. The molecule has 8 heteroatoms. The highest BCUT2D eigenvalue weighted by Crippen LogP contribution is 2.19. The van der Waals surface area contributed by atoms with Crippen LogP contribution < -0.4 is 5.32 Å². The van der Waals surface area contributed by atoms with Gasteiger partial charge in [-0.2, -0.15) is 4.98 Å². The summed E-state index contributed by atoms with van der Waals surface area (Å²) in [5.74, 6) is 0.184. The second kappa shape index (κ2) is 8.51. The number of aromatic nitrogens is 2. The van der Waals surface area contributed by atoms with Gasteiger partial charge in [-0.05, 0) is 31.8 Å². The topological polar surface area (TPSA) is 80.5 Å². The highest BCUT2D eigenvalue weighted by Gasteiger charge is 2.23. The first-order valence-corrected chi connectivity index (χ1v) is 7.51. The van der Waals surface area contributed by atoms with E-state index in [2.05, 4.69) is 15.5 Å². The molecule has 1 atom stereocenters. The van der Waals surface area contributed by atoms with Gasteiger partial charge in [0.05, 0.1) is 19.6 Å². The number of amides is 1. The van der Waals surface area contributed by atoms with Gasteiger partial charge in [-0.15, -0.1) is 0 Å². The Kier molecular flexibility index (Phi) is 6.39. The Morgan fingerprint density at radius 1 is 1.46 bits per heavy atom. The first kappa shape index (κ1) is 18.0. The second-order valence-electron chi connectivity index (χ2n) is 5.49. The summed E-state index contributed by atoms with van der Waals surface area (Å²) in [6, 6.07) is 5.37. The summed E-state index contributed by atoms with van der Waals surface area (Å²) < 4.78 is 23.4. The van der Waals surface area contributed by atoms with Crippen LogP contribution >= 0.6 is 0 Å². The average Bonchev–Trinajstić information content (AvgIpc) is 2.99. The van der Waals surface area contributed by atoms with Crippen molar-refractivity contribution in [1.29, 1.82) is 0 Å². The van der Waals surface area contributed by atoms with Gasteiger partial charge < -0.3 is 14.6 Å². The van der Waals surface area contributed by atoms with E-state index in [-0.39, 0.29) is 18.3 Å². The van der Waals surface area contributed by atoms with E-state index in [1.807, 2.05) is 0 Å². The molecular formula is C16H21FN4O3. The van der Waals surface area contributed by atoms with Crippen LogP contribution in [-0.2, 0) is 22.5 Å². The summed E-state index contributed by atoms with van der Waals surface area (Å²) in [6.07, 6.45) is 0.515. The average molecular weight is 336 g/mol. The van der Waals surface area contributed by atoms with Gasteiger partial charge in [0.15, 0.2) is 5.82 Å². The molecule has 0 fully saturated rings. The van der Waals surface area contributed by atoms with Crippen LogP contribution in [0.5, 0.6) is 0 Å². The number of carbonyl (C=O) groups is 1. The SMILES string of the molecule is COCCc1nc(CNC(=O)C(c2cccc(F)c2)N(C)C)no1. The zero-order valence-corrected chi connectivity index (χ0v) is 14.0. The number of benzene rings is 1. The smallest absolute Gasteiger partial charge is 0.242 e. The van der Waals surface area contributed by atoms with Crippen LogP contribution in [0.2, 0.25) is 0 Å². The third-order valence-corrected chi connectivity index (χ3v) is 3.38. The lowest BCUT2D eigenvalue weighted by atomic mass is 10.1. The number of nitrogens with zero attached hydrogens (tertiary/aromatic N) is 3. The molecule has 0 aliphatic heterocycles. The maximum Gasteiger partial charge on any atom is 0.242 e. The van der Waals surface area contributed by atoms with Crippen molar-refractivity contribution in [3.63, 3.8) is 0 Å². The summed E-state index contributed by atoms with van der Waals surface area (Å²) in [5, 5.41) is 6.55. The molecule has 1 heterocycles. The summed E-state index contributed by atoms with van der Waals surface area (Å²) in [4.78, 5) is 18.3. The van der Waals surface area contributed by atoms with E-state index in [4.69, 9.17) is 9.26 Å². The van der Waals surface area contributed by atoms with E-state index < -0.39 is 6.04 Å². The molecule has 1 N–H and O–H groups in total. The van der Waals surface area contributed by atoms with Crippen LogP contribution in [0.4, 0.5) is 4.39 Å². The normalized spacial score (nSPS) is 12.4. The minimum atomic E-state index is -0.611. The zero-order valence-electron chi connectivity index (χ0n) is 14.0. The molecule has 2 aromatic rings. The van der Waals surface area contributed by atoms with Crippen molar-refractivity contribution < 1.29 is 18.4 Å². The van der Waals surface area contributed by atoms with E-state index in [1.54, 1.807) is 38.2 Å². The Bertz CT molecular complexity index is 675. The van der Waals surface area contributed by atoms with Crippen LogP contribution in [0.25, 0.3) is 0 Å². The molecule has 0 bridgehead atoms. The molecule has 1 amide bonds. The van der Waals surface area contributed by atoms with Gasteiger partial charge in [0.25, 0.3) is 0 Å². The minimum Gasteiger partial charge on any atom is -0.384 e. The number of carbonyl (C=O) groups excluding carboxylic acids is 1. The number of halogens is 1. The van der Waals surface area contributed by atoms with Crippen molar-refractivity contribution in [2.45, 2.75) is 19.0 Å². The van der Waals surface area contributed by atoms with Crippen LogP contribution in [0.3, 0.4) is 0 Å². The third-order valence-electron chi connectivity index (χ3n) is 3.38. The summed E-state index contributed by atoms with van der Waals surface area (Å²) >= 11 is 0. The Morgan fingerprint density at radius 2 is 2.25 bits per heavy atom. The maximum absolute atomic E-state index is 13.4. The van der Waals surface area contributed by atoms with E-state index in [0.717, 1.165) is 0 Å². The standard InChI is InChI=1S/C16H21FN4O3/c1-21(2)15(11-5-4-6-12(17)9-11)16(22)18-10-13-19-14(24-20-13)7-8-23-3/h4-6,9,15H,7-8,10H2,1-3H3,(H,18,22). The fraction of sp³-hybridized carbons (Fsp3) is 0.438. The molecule has 0 saturated carbocycles. The molecule has 0 spiro atoms. The largest absolute Gasteiger partial charge is 0.384 e. The van der Waals surface area contributed by atoms with E-state index in [0.29, 0.717) is 30.3 Å². The van der Waals surface area contributed by atoms with Gasteiger partial charge in [0.2, 0.25) is 11.8 Å². The number of likely N-dealkylation sites (N-methyl/N-ethyl adjacent to an activating group) is 1. The fourth-order valence-electron chi connectivity index (χ4n) is 2.28. The van der Waals surface area contributed by atoms with Gasteiger partial charge in [0, 0.05) is 7.11 Å². The van der Waals surface area contributed by atoms with Gasteiger partial charge in [-0.3, -0.25) is 9.69 Å². The molecule has 24 heavy (non-hydrogen) atoms. The maximum atomic E-state index is 13.4. The van der Waals surface area contributed by atoms with Crippen LogP contribution in [-0.4, -0.2) is 48.8 Å². The van der Waals surface area contributed by atoms with Crippen molar-refractivity contribution in [2.75, 3.05) is 27.8 Å². The lowest BCUT2D eigenvalue weighted by molar-refractivity contribution is -0.126. The number of ether oxygens (including phenoxy) is 1. The number of hydrogen-bond acceptors (Lipinski definition) is 6. The molecule has 130 valence electrons. The lowest BCUT2D eigenvalue weighted by Crippen LogP contribution is -2.37. The molecular weight excluding hydrogens is 315 g/mol. The highest BCUT2D eigenvalue weighted by molar-refractivity contribution is 5.83. The monoisotopic (exact) mass is 336 g/mol. The van der Waals surface area contributed by atoms with Crippen LogP contribution in [0.1, 0.15) is 23.3 Å². The molecule has 0 aliphatic carbocycles. The minimum absolute atomic E-state index is 0.134. The Labute approximate surface area is 139 Å². The van der Waals surface area contributed by atoms with E-state index >= 15 is 0 Å². The van der Waals surface area contributed by atoms with E-state index in [9.17, 15) is 9.18 Å². The van der Waals surface area contributed by atoms with Crippen molar-refractivity contribution in [3.05, 3.63) is 47.4 Å².